The summed E-state index contributed by atoms with van der Waals surface area (Å²) < 4.78 is 49.1. The molecule has 3 aromatic rings. The lowest BCUT2D eigenvalue weighted by Gasteiger charge is -2.57. The van der Waals surface area contributed by atoms with Gasteiger partial charge in [-0.3, -0.25) is 24.1 Å². The highest BCUT2D eigenvalue weighted by Gasteiger charge is 2.63. The zero-order valence-electron chi connectivity index (χ0n) is 24.5. The first-order valence-electron chi connectivity index (χ1n) is 15.2. The molecule has 0 radical (unpaired) electrons. The van der Waals surface area contributed by atoms with Crippen LogP contribution in [0.2, 0.25) is 0 Å². The molecule has 2 aromatic carbocycles. The van der Waals surface area contributed by atoms with Crippen LogP contribution in [-0.4, -0.2) is 59.6 Å². The lowest BCUT2D eigenvalue weighted by molar-refractivity contribution is -0.135. The number of pyridine rings is 1. The summed E-state index contributed by atoms with van der Waals surface area (Å²) in [7, 11) is 1.45. The van der Waals surface area contributed by atoms with Crippen LogP contribution in [0.1, 0.15) is 65.3 Å². The van der Waals surface area contributed by atoms with E-state index in [-0.39, 0.29) is 47.8 Å². The number of amides is 1. The van der Waals surface area contributed by atoms with E-state index in [0.717, 1.165) is 35.8 Å². The molecule has 45 heavy (non-hydrogen) atoms. The van der Waals surface area contributed by atoms with Gasteiger partial charge in [0.15, 0.2) is 17.3 Å². The fourth-order valence-electron chi connectivity index (χ4n) is 8.10. The van der Waals surface area contributed by atoms with Gasteiger partial charge in [0.2, 0.25) is 11.2 Å². The minimum atomic E-state index is -0.929. The van der Waals surface area contributed by atoms with Gasteiger partial charge in [-0.25, -0.2) is 8.78 Å². The Morgan fingerprint density at radius 2 is 1.96 bits per heavy atom. The molecule has 2 bridgehead atoms. The van der Waals surface area contributed by atoms with Crippen molar-refractivity contribution in [2.24, 2.45) is 5.92 Å². The molecular formula is C33H31F2N3O6S. The van der Waals surface area contributed by atoms with Crippen molar-refractivity contribution in [3.8, 4) is 5.75 Å². The summed E-state index contributed by atoms with van der Waals surface area (Å²) >= 11 is 1.43. The van der Waals surface area contributed by atoms with Gasteiger partial charge in [0, 0.05) is 48.0 Å². The quantitative estimate of drug-likeness (QED) is 0.378. The number of aromatic nitrogens is 1. The molecule has 6 heterocycles. The van der Waals surface area contributed by atoms with E-state index in [1.165, 1.54) is 31.1 Å². The Hall–Kier alpha value is -3.74. The minimum Gasteiger partial charge on any atom is -0.420 e. The number of esters is 1. The van der Waals surface area contributed by atoms with Gasteiger partial charge in [-0.1, -0.05) is 24.3 Å². The van der Waals surface area contributed by atoms with Crippen molar-refractivity contribution in [3.05, 3.63) is 92.9 Å². The van der Waals surface area contributed by atoms with E-state index >= 15 is 4.39 Å². The van der Waals surface area contributed by atoms with Gasteiger partial charge in [0.1, 0.15) is 6.17 Å². The average Bonchev–Trinajstić information content (AvgIpc) is 3.57. The average molecular weight is 636 g/mol. The van der Waals surface area contributed by atoms with Crippen LogP contribution in [0.5, 0.6) is 5.75 Å². The Morgan fingerprint density at radius 3 is 2.78 bits per heavy atom. The van der Waals surface area contributed by atoms with E-state index in [2.05, 4.69) is 0 Å². The number of carbonyl (C=O) groups is 2. The topological polar surface area (TPSA) is 90.3 Å². The summed E-state index contributed by atoms with van der Waals surface area (Å²) in [6.07, 6.45) is 4.17. The van der Waals surface area contributed by atoms with E-state index in [1.807, 2.05) is 29.3 Å². The predicted octanol–water partition coefficient (Wildman–Crippen LogP) is 4.53. The molecule has 0 aliphatic carbocycles. The molecule has 234 valence electrons. The van der Waals surface area contributed by atoms with E-state index in [9.17, 15) is 18.8 Å². The molecule has 3 saturated heterocycles. The Bertz CT molecular complexity index is 1800. The van der Waals surface area contributed by atoms with Crippen LogP contribution in [0.4, 0.5) is 8.78 Å². The van der Waals surface area contributed by atoms with E-state index in [1.54, 1.807) is 15.6 Å². The summed E-state index contributed by atoms with van der Waals surface area (Å²) in [5.41, 5.74) is 0.560. The normalized spacial score (nSPS) is 27.7. The maximum absolute atomic E-state index is 15.6. The molecule has 1 spiro atoms. The number of methoxy groups -OCH3 is 1. The highest BCUT2D eigenvalue weighted by Crippen LogP contribution is 2.57. The number of fused-ring (bicyclic) bond motifs is 6. The first-order valence-corrected chi connectivity index (χ1v) is 16.2. The van der Waals surface area contributed by atoms with Crippen molar-refractivity contribution in [3.63, 3.8) is 0 Å². The lowest BCUT2D eigenvalue weighted by atomic mass is 9.71. The number of hydrogen-bond acceptors (Lipinski definition) is 8. The van der Waals surface area contributed by atoms with Gasteiger partial charge in [-0.05, 0) is 48.9 Å². The van der Waals surface area contributed by atoms with Gasteiger partial charge >= 0.3 is 5.97 Å². The molecule has 0 N–H and O–H groups in total. The third-order valence-electron chi connectivity index (χ3n) is 10.1. The molecule has 5 atom stereocenters. The molecule has 3 fully saturated rings. The third kappa shape index (κ3) is 4.29. The third-order valence-corrected chi connectivity index (χ3v) is 11.2. The summed E-state index contributed by atoms with van der Waals surface area (Å²) in [6.45, 7) is 0.445. The smallest absolute Gasteiger partial charge is 0.313 e. The zero-order chi connectivity index (χ0) is 31.0. The number of carbonyl (C=O) groups excluding carboxylic acids is 2. The zero-order valence-corrected chi connectivity index (χ0v) is 25.4. The monoisotopic (exact) mass is 635 g/mol. The van der Waals surface area contributed by atoms with Crippen LogP contribution in [0.15, 0.2) is 58.4 Å². The molecule has 0 saturated carbocycles. The summed E-state index contributed by atoms with van der Waals surface area (Å²) in [5, 5.41) is 2.01. The molecule has 8 rings (SSSR count). The van der Waals surface area contributed by atoms with Crippen LogP contribution in [-0.2, 0) is 20.0 Å². The highest BCUT2D eigenvalue weighted by atomic mass is 32.2. The molecule has 12 heteroatoms. The minimum absolute atomic E-state index is 0.0777. The first-order chi connectivity index (χ1) is 21.8. The second-order valence-electron chi connectivity index (χ2n) is 12.3. The number of halogens is 2. The number of benzene rings is 2. The molecule has 5 aliphatic heterocycles. The van der Waals surface area contributed by atoms with E-state index in [4.69, 9.17) is 14.2 Å². The first kappa shape index (κ1) is 28.7. The summed E-state index contributed by atoms with van der Waals surface area (Å²) in [4.78, 5) is 43.2. The Balaban J connectivity index is 1.39. The Morgan fingerprint density at radius 1 is 1.11 bits per heavy atom. The second-order valence-corrected chi connectivity index (χ2v) is 13.3. The van der Waals surface area contributed by atoms with Gasteiger partial charge in [0.25, 0.3) is 5.91 Å². The predicted molar refractivity (Wildman–Crippen MR) is 160 cm³/mol. The molecule has 1 amide bonds. The number of ether oxygens (including phenoxy) is 3. The Kier molecular flexibility index (Phi) is 6.81. The summed E-state index contributed by atoms with van der Waals surface area (Å²) in [5.74, 6) is -3.19. The van der Waals surface area contributed by atoms with Crippen molar-refractivity contribution in [2.75, 3.05) is 25.3 Å². The van der Waals surface area contributed by atoms with Crippen molar-refractivity contribution >= 4 is 23.6 Å². The number of piperidine rings is 1. The van der Waals surface area contributed by atoms with Gasteiger partial charge in [-0.15, -0.1) is 11.8 Å². The molecule has 1 aromatic heterocycles. The number of rotatable bonds is 5. The lowest BCUT2D eigenvalue weighted by Crippen LogP contribution is -2.70. The van der Waals surface area contributed by atoms with Crippen molar-refractivity contribution in [1.82, 2.24) is 9.58 Å². The SMILES string of the molecule is COCCC(=O)Oc1c2n(ccc1=O)N(C1c3ccccc3SCc3c1ccc(F)c3F)[C@@H]1[C@H]3C[C@@H]4CC[C@@]3(CCN1C2=O)O4. The second kappa shape index (κ2) is 10.7. The fraction of sp³-hybridized carbons (Fsp3) is 0.424. The van der Waals surface area contributed by atoms with Crippen LogP contribution < -0.4 is 15.2 Å². The van der Waals surface area contributed by atoms with Crippen LogP contribution >= 0.6 is 11.8 Å². The maximum Gasteiger partial charge on any atom is 0.313 e. The molecule has 1 unspecified atom stereocenters. The van der Waals surface area contributed by atoms with Crippen LogP contribution in [0.25, 0.3) is 0 Å². The largest absolute Gasteiger partial charge is 0.420 e. The molecular weight excluding hydrogens is 604 g/mol. The van der Waals surface area contributed by atoms with Gasteiger partial charge in [-0.2, -0.15) is 0 Å². The van der Waals surface area contributed by atoms with Gasteiger partial charge < -0.3 is 19.1 Å². The maximum atomic E-state index is 15.6. The standard InChI is InChI=1S/C33H31F2N3O6S/c1-42-15-10-26(40)43-30-24(39)9-13-37-29(30)32(41)36-14-12-33-11-8-18(44-33)16-22(33)31(36)38(37)28-19-6-7-23(34)27(35)21(19)17-45-25-5-3-2-4-20(25)28/h2-7,9,13,18,22,28,31H,8,10-12,14-17H2,1H3/t18-,22+,28?,31+,33-/m0/s1. The molecule has 9 nitrogen and oxygen atoms in total. The fourth-order valence-corrected chi connectivity index (χ4v) is 9.21. The summed E-state index contributed by atoms with van der Waals surface area (Å²) in [6, 6.07) is 11.1. The van der Waals surface area contributed by atoms with Gasteiger partial charge in [0.05, 0.1) is 30.8 Å². The number of hydrogen-bond donors (Lipinski definition) is 0. The van der Waals surface area contributed by atoms with Crippen LogP contribution in [0.3, 0.4) is 0 Å². The van der Waals surface area contributed by atoms with Crippen molar-refractivity contribution in [2.45, 2.75) is 66.7 Å². The number of nitrogens with zero attached hydrogens (tertiary/aromatic N) is 3. The van der Waals surface area contributed by atoms with Crippen molar-refractivity contribution in [1.29, 1.82) is 0 Å². The Labute approximate surface area is 262 Å². The van der Waals surface area contributed by atoms with Crippen molar-refractivity contribution < 1.29 is 32.6 Å². The number of thioether (sulfide) groups is 1. The van der Waals surface area contributed by atoms with E-state index in [0.29, 0.717) is 18.5 Å². The van der Waals surface area contributed by atoms with E-state index < -0.39 is 46.7 Å². The molecule has 5 aliphatic rings. The highest BCUT2D eigenvalue weighted by molar-refractivity contribution is 7.98. The van der Waals surface area contributed by atoms with Crippen LogP contribution in [0, 0.1) is 17.6 Å².